The molecule has 4 heteroatoms. The smallest absolute Gasteiger partial charge is 0.138 e. The van der Waals surface area contributed by atoms with Crippen LogP contribution in [-0.2, 0) is 0 Å². The Morgan fingerprint density at radius 3 is 2.60 bits per heavy atom. The van der Waals surface area contributed by atoms with E-state index in [2.05, 4.69) is 43.1 Å². The Kier molecular flexibility index (Phi) is 4.55. The van der Waals surface area contributed by atoms with Gasteiger partial charge in [0.1, 0.15) is 5.76 Å². The quantitative estimate of drug-likeness (QED) is 0.903. The van der Waals surface area contributed by atoms with Crippen LogP contribution in [0.25, 0.3) is 0 Å². The summed E-state index contributed by atoms with van der Waals surface area (Å²) in [6, 6.07) is 0.888. The average Bonchev–Trinajstić information content (AvgIpc) is 2.58. The van der Waals surface area contributed by atoms with E-state index in [4.69, 9.17) is 4.52 Å². The predicted octanol–water partition coefficient (Wildman–Crippen LogP) is 3.06. The summed E-state index contributed by atoms with van der Waals surface area (Å²) in [4.78, 5) is 2.57. The maximum Gasteiger partial charge on any atom is 0.138 e. The Morgan fingerprint density at radius 2 is 2.05 bits per heavy atom. The van der Waals surface area contributed by atoms with Crippen molar-refractivity contribution in [1.82, 2.24) is 15.4 Å². The Labute approximate surface area is 122 Å². The molecule has 2 heterocycles. The number of rotatable bonds is 2. The van der Waals surface area contributed by atoms with Gasteiger partial charge in [-0.2, -0.15) is 0 Å². The Morgan fingerprint density at radius 1 is 1.35 bits per heavy atom. The highest BCUT2D eigenvalue weighted by Gasteiger charge is 2.31. The van der Waals surface area contributed by atoms with Crippen molar-refractivity contribution in [3.05, 3.63) is 17.0 Å². The van der Waals surface area contributed by atoms with Crippen molar-refractivity contribution in [3.63, 3.8) is 0 Å². The van der Waals surface area contributed by atoms with Crippen LogP contribution in [-0.4, -0.2) is 35.7 Å². The maximum absolute atomic E-state index is 5.34. The highest BCUT2D eigenvalue weighted by atomic mass is 16.5. The van der Waals surface area contributed by atoms with Crippen molar-refractivity contribution in [2.45, 2.75) is 60.0 Å². The van der Waals surface area contributed by atoms with E-state index < -0.39 is 0 Å². The van der Waals surface area contributed by atoms with E-state index in [1.165, 1.54) is 12.0 Å². The lowest BCUT2D eigenvalue weighted by Gasteiger charge is -2.36. The number of nitrogens with one attached hydrogen (secondary N) is 1. The number of hydrogen-bond donors (Lipinski definition) is 1. The van der Waals surface area contributed by atoms with Gasteiger partial charge >= 0.3 is 0 Å². The molecule has 1 aromatic heterocycles. The van der Waals surface area contributed by atoms with Crippen LogP contribution in [0, 0.1) is 19.3 Å². The Balaban J connectivity index is 2.18. The van der Waals surface area contributed by atoms with Gasteiger partial charge in [0.05, 0.1) is 5.69 Å². The van der Waals surface area contributed by atoms with Crippen LogP contribution in [0.4, 0.5) is 0 Å². The highest BCUT2D eigenvalue weighted by Crippen LogP contribution is 2.30. The molecule has 1 aromatic rings. The molecule has 0 aliphatic carbocycles. The highest BCUT2D eigenvalue weighted by molar-refractivity contribution is 5.24. The molecule has 1 aliphatic heterocycles. The largest absolute Gasteiger partial charge is 0.361 e. The van der Waals surface area contributed by atoms with Crippen LogP contribution in [0.15, 0.2) is 4.52 Å². The van der Waals surface area contributed by atoms with Crippen molar-refractivity contribution in [2.75, 3.05) is 19.6 Å². The third kappa shape index (κ3) is 3.23. The molecule has 20 heavy (non-hydrogen) atoms. The molecule has 1 saturated heterocycles. The second kappa shape index (κ2) is 5.86. The van der Waals surface area contributed by atoms with Crippen molar-refractivity contribution in [3.8, 4) is 0 Å². The third-order valence-electron chi connectivity index (χ3n) is 4.53. The lowest BCUT2D eigenvalue weighted by atomic mass is 9.86. The van der Waals surface area contributed by atoms with Gasteiger partial charge in [-0.3, -0.25) is 4.90 Å². The van der Waals surface area contributed by atoms with Crippen molar-refractivity contribution < 1.29 is 4.52 Å². The Bertz CT molecular complexity index is 428. The van der Waals surface area contributed by atoms with Gasteiger partial charge in [-0.05, 0) is 39.2 Å². The summed E-state index contributed by atoms with van der Waals surface area (Å²) < 4.78 is 5.34. The van der Waals surface area contributed by atoms with Crippen LogP contribution in [0.2, 0.25) is 0 Å². The zero-order chi connectivity index (χ0) is 14.9. The molecule has 2 atom stereocenters. The average molecular weight is 279 g/mol. The monoisotopic (exact) mass is 279 g/mol. The van der Waals surface area contributed by atoms with Crippen molar-refractivity contribution in [1.29, 1.82) is 0 Å². The van der Waals surface area contributed by atoms with E-state index in [-0.39, 0.29) is 5.41 Å². The predicted molar refractivity (Wildman–Crippen MR) is 81.8 cm³/mol. The van der Waals surface area contributed by atoms with Gasteiger partial charge in [-0.1, -0.05) is 25.9 Å². The fraction of sp³-hybridized carbons (Fsp3) is 0.812. The molecule has 1 aliphatic rings. The van der Waals surface area contributed by atoms with Crippen molar-refractivity contribution in [2.24, 2.45) is 5.41 Å². The summed E-state index contributed by atoms with van der Waals surface area (Å²) >= 11 is 0. The first-order valence-corrected chi connectivity index (χ1v) is 7.71. The van der Waals surface area contributed by atoms with Gasteiger partial charge in [-0.15, -0.1) is 0 Å². The normalized spacial score (nSPS) is 23.6. The zero-order valence-electron chi connectivity index (χ0n) is 13.8. The maximum atomic E-state index is 5.34. The summed E-state index contributed by atoms with van der Waals surface area (Å²) in [5.74, 6) is 0.958. The number of nitrogens with zero attached hydrogens (tertiary/aromatic N) is 2. The fourth-order valence-electron chi connectivity index (χ4n) is 3.15. The minimum absolute atomic E-state index is 0.279. The standard InChI is InChI=1S/C16H29N3O/c1-11-15(13(3)20-18-11)12(2)19-9-7-8-17-14(10-19)16(4,5)6/h12,14,17H,7-10H2,1-6H3. The second-order valence-corrected chi connectivity index (χ2v) is 7.14. The summed E-state index contributed by atoms with van der Waals surface area (Å²) in [5, 5.41) is 7.81. The Hall–Kier alpha value is -0.870. The van der Waals surface area contributed by atoms with Crippen LogP contribution in [0.5, 0.6) is 0 Å². The van der Waals surface area contributed by atoms with Gasteiger partial charge in [0.2, 0.25) is 0 Å². The molecule has 114 valence electrons. The first kappa shape index (κ1) is 15.5. The van der Waals surface area contributed by atoms with Crippen LogP contribution in [0.1, 0.15) is 57.2 Å². The molecule has 2 rings (SSSR count). The van der Waals surface area contributed by atoms with E-state index >= 15 is 0 Å². The van der Waals surface area contributed by atoms with Crippen molar-refractivity contribution >= 4 is 0 Å². The van der Waals surface area contributed by atoms with Gasteiger partial charge in [0, 0.05) is 30.7 Å². The number of hydrogen-bond acceptors (Lipinski definition) is 4. The SMILES string of the molecule is Cc1noc(C)c1C(C)N1CCCNC(C(C)(C)C)C1. The summed E-state index contributed by atoms with van der Waals surface area (Å²) in [7, 11) is 0. The van der Waals surface area contributed by atoms with Gasteiger partial charge < -0.3 is 9.84 Å². The first-order chi connectivity index (χ1) is 9.30. The zero-order valence-corrected chi connectivity index (χ0v) is 13.8. The molecule has 1 N–H and O–H groups in total. The fourth-order valence-corrected chi connectivity index (χ4v) is 3.15. The van der Waals surface area contributed by atoms with Gasteiger partial charge in [0.25, 0.3) is 0 Å². The molecular formula is C16H29N3O. The minimum atomic E-state index is 0.279. The molecule has 0 amide bonds. The molecule has 0 spiro atoms. The van der Waals surface area contributed by atoms with Crippen LogP contribution < -0.4 is 5.32 Å². The first-order valence-electron chi connectivity index (χ1n) is 7.71. The van der Waals surface area contributed by atoms with Gasteiger partial charge in [0.15, 0.2) is 0 Å². The summed E-state index contributed by atoms with van der Waals surface area (Å²) in [6.07, 6.45) is 1.19. The minimum Gasteiger partial charge on any atom is -0.361 e. The molecule has 4 nitrogen and oxygen atoms in total. The molecule has 0 radical (unpaired) electrons. The lowest BCUT2D eigenvalue weighted by molar-refractivity contribution is 0.161. The van der Waals surface area contributed by atoms with Crippen LogP contribution in [0.3, 0.4) is 0 Å². The molecular weight excluding hydrogens is 250 g/mol. The van der Waals surface area contributed by atoms with E-state index in [1.54, 1.807) is 0 Å². The van der Waals surface area contributed by atoms with E-state index in [0.29, 0.717) is 12.1 Å². The van der Waals surface area contributed by atoms with Gasteiger partial charge in [-0.25, -0.2) is 0 Å². The number of aryl methyl sites for hydroxylation is 2. The molecule has 1 fully saturated rings. The van der Waals surface area contributed by atoms with Crippen LogP contribution >= 0.6 is 0 Å². The topological polar surface area (TPSA) is 41.3 Å². The third-order valence-corrected chi connectivity index (χ3v) is 4.53. The molecule has 2 unspecified atom stereocenters. The van der Waals surface area contributed by atoms with E-state index in [1.807, 2.05) is 13.8 Å². The lowest BCUT2D eigenvalue weighted by Crippen LogP contribution is -2.46. The van der Waals surface area contributed by atoms with E-state index in [9.17, 15) is 0 Å². The molecule has 0 saturated carbocycles. The van der Waals surface area contributed by atoms with E-state index in [0.717, 1.165) is 31.1 Å². The number of aromatic nitrogens is 1. The summed E-state index contributed by atoms with van der Waals surface area (Å²) in [5.41, 5.74) is 2.57. The second-order valence-electron chi connectivity index (χ2n) is 7.14. The molecule has 0 bridgehead atoms. The molecule has 0 aromatic carbocycles. The summed E-state index contributed by atoms with van der Waals surface area (Å²) in [6.45, 7) is 16.6.